The number of aliphatic hydroxyl groups is 1. The average Bonchev–Trinajstić information content (AvgIpc) is 2.85. The van der Waals surface area contributed by atoms with Crippen molar-refractivity contribution in [3.63, 3.8) is 0 Å². The van der Waals surface area contributed by atoms with Crippen LogP contribution in [0.1, 0.15) is 18.4 Å². The van der Waals surface area contributed by atoms with Crippen LogP contribution in [-0.2, 0) is 15.7 Å². The predicted molar refractivity (Wildman–Crippen MR) is 87.6 cm³/mol. The minimum atomic E-state index is -4.40. The van der Waals surface area contributed by atoms with Gasteiger partial charge in [0.25, 0.3) is 0 Å². The van der Waals surface area contributed by atoms with Gasteiger partial charge >= 0.3 is 6.18 Å². The second-order valence-electron chi connectivity index (χ2n) is 6.68. The molecule has 26 heavy (non-hydrogen) atoms. The van der Waals surface area contributed by atoms with Gasteiger partial charge in [0.15, 0.2) is 0 Å². The molecule has 0 aliphatic carbocycles. The Hall–Kier alpha value is -1.87. The Morgan fingerprint density at radius 2 is 1.96 bits per heavy atom. The van der Waals surface area contributed by atoms with Crippen LogP contribution in [0, 0.1) is 5.92 Å². The Bertz CT molecular complexity index is 616. The molecule has 2 saturated heterocycles. The highest BCUT2D eigenvalue weighted by Crippen LogP contribution is 2.30. The van der Waals surface area contributed by atoms with E-state index in [9.17, 15) is 23.1 Å². The number of amides is 1. The SMILES string of the molecule is O=C(C1CCN(c2ccc(C(F)(F)F)cn2)CC1)N1CCOCC(O)C1. The van der Waals surface area contributed by atoms with Crippen LogP contribution < -0.4 is 4.90 Å². The zero-order valence-electron chi connectivity index (χ0n) is 14.3. The highest BCUT2D eigenvalue weighted by molar-refractivity contribution is 5.79. The van der Waals surface area contributed by atoms with Crippen molar-refractivity contribution in [1.29, 1.82) is 0 Å². The summed E-state index contributed by atoms with van der Waals surface area (Å²) in [7, 11) is 0. The third-order valence-corrected chi connectivity index (χ3v) is 4.80. The molecule has 1 atom stereocenters. The molecule has 2 fully saturated rings. The molecular formula is C17H22F3N3O3. The Morgan fingerprint density at radius 1 is 1.23 bits per heavy atom. The number of ether oxygens (including phenoxy) is 1. The highest BCUT2D eigenvalue weighted by atomic mass is 19.4. The molecule has 144 valence electrons. The number of nitrogens with zero attached hydrogens (tertiary/aromatic N) is 3. The molecule has 1 N–H and O–H groups in total. The van der Waals surface area contributed by atoms with Crippen molar-refractivity contribution in [2.75, 3.05) is 44.3 Å². The number of rotatable bonds is 2. The summed E-state index contributed by atoms with van der Waals surface area (Å²) in [6, 6.07) is 2.39. The van der Waals surface area contributed by atoms with Gasteiger partial charge in [-0.1, -0.05) is 0 Å². The van der Waals surface area contributed by atoms with E-state index in [1.165, 1.54) is 6.07 Å². The predicted octanol–water partition coefficient (Wildman–Crippen LogP) is 1.54. The molecule has 1 amide bonds. The van der Waals surface area contributed by atoms with Crippen molar-refractivity contribution in [1.82, 2.24) is 9.88 Å². The summed E-state index contributed by atoms with van der Waals surface area (Å²) in [5, 5.41) is 9.76. The summed E-state index contributed by atoms with van der Waals surface area (Å²) in [6.45, 7) is 2.51. The maximum Gasteiger partial charge on any atom is 0.417 e. The number of piperidine rings is 1. The molecule has 0 spiro atoms. The maximum atomic E-state index is 12.6. The van der Waals surface area contributed by atoms with Crippen molar-refractivity contribution < 1.29 is 27.8 Å². The number of pyridine rings is 1. The maximum absolute atomic E-state index is 12.6. The number of hydrogen-bond acceptors (Lipinski definition) is 5. The first-order chi connectivity index (χ1) is 12.3. The molecule has 0 saturated carbocycles. The largest absolute Gasteiger partial charge is 0.417 e. The number of carbonyl (C=O) groups is 1. The lowest BCUT2D eigenvalue weighted by molar-refractivity contribution is -0.138. The fourth-order valence-corrected chi connectivity index (χ4v) is 3.35. The van der Waals surface area contributed by atoms with Crippen molar-refractivity contribution in [3.8, 4) is 0 Å². The van der Waals surface area contributed by atoms with E-state index >= 15 is 0 Å². The first-order valence-corrected chi connectivity index (χ1v) is 8.67. The molecule has 2 aliphatic rings. The van der Waals surface area contributed by atoms with Crippen molar-refractivity contribution in [2.24, 2.45) is 5.92 Å². The van der Waals surface area contributed by atoms with E-state index in [0.29, 0.717) is 44.9 Å². The van der Waals surface area contributed by atoms with Crippen LogP contribution in [0.4, 0.5) is 19.0 Å². The first kappa shape index (κ1) is 18.9. The van der Waals surface area contributed by atoms with E-state index in [1.54, 1.807) is 4.90 Å². The van der Waals surface area contributed by atoms with Gasteiger partial charge in [-0.2, -0.15) is 13.2 Å². The average molecular weight is 373 g/mol. The minimum Gasteiger partial charge on any atom is -0.389 e. The number of anilines is 1. The topological polar surface area (TPSA) is 65.9 Å². The fourth-order valence-electron chi connectivity index (χ4n) is 3.35. The van der Waals surface area contributed by atoms with Crippen LogP contribution in [0.25, 0.3) is 0 Å². The number of aromatic nitrogens is 1. The Kier molecular flexibility index (Phi) is 5.67. The molecule has 2 aliphatic heterocycles. The zero-order valence-corrected chi connectivity index (χ0v) is 14.3. The first-order valence-electron chi connectivity index (χ1n) is 8.67. The summed E-state index contributed by atoms with van der Waals surface area (Å²) >= 11 is 0. The minimum absolute atomic E-state index is 0.00887. The Morgan fingerprint density at radius 3 is 2.58 bits per heavy atom. The number of halogens is 3. The van der Waals surface area contributed by atoms with Gasteiger partial charge in [-0.15, -0.1) is 0 Å². The summed E-state index contributed by atoms with van der Waals surface area (Å²) in [6.07, 6.45) is -3.01. The van der Waals surface area contributed by atoms with Gasteiger partial charge in [-0.05, 0) is 25.0 Å². The zero-order chi connectivity index (χ0) is 18.7. The van der Waals surface area contributed by atoms with E-state index in [4.69, 9.17) is 4.74 Å². The smallest absolute Gasteiger partial charge is 0.389 e. The second-order valence-corrected chi connectivity index (χ2v) is 6.68. The summed E-state index contributed by atoms with van der Waals surface area (Å²) in [5.41, 5.74) is -0.770. The monoisotopic (exact) mass is 373 g/mol. The van der Waals surface area contributed by atoms with E-state index in [1.807, 2.05) is 4.90 Å². The van der Waals surface area contributed by atoms with Crippen molar-refractivity contribution in [3.05, 3.63) is 23.9 Å². The molecule has 0 radical (unpaired) electrons. The van der Waals surface area contributed by atoms with Crippen LogP contribution in [0.5, 0.6) is 0 Å². The van der Waals surface area contributed by atoms with Gasteiger partial charge < -0.3 is 19.6 Å². The van der Waals surface area contributed by atoms with Gasteiger partial charge in [-0.3, -0.25) is 4.79 Å². The van der Waals surface area contributed by atoms with Gasteiger partial charge in [0, 0.05) is 38.3 Å². The van der Waals surface area contributed by atoms with E-state index in [0.717, 1.165) is 12.3 Å². The quantitative estimate of drug-likeness (QED) is 0.852. The summed E-state index contributed by atoms with van der Waals surface area (Å²) in [4.78, 5) is 20.1. The fraction of sp³-hybridized carbons (Fsp3) is 0.647. The molecule has 1 aromatic rings. The standard InChI is InChI=1S/C17H22F3N3O3/c18-17(19,20)13-1-2-15(21-9-13)22-5-3-12(4-6-22)16(25)23-7-8-26-11-14(24)10-23/h1-2,9,12,14,24H,3-8,10-11H2. The molecular weight excluding hydrogens is 351 g/mol. The summed E-state index contributed by atoms with van der Waals surface area (Å²) < 4.78 is 43.1. The molecule has 3 heterocycles. The summed E-state index contributed by atoms with van der Waals surface area (Å²) in [5.74, 6) is 0.350. The van der Waals surface area contributed by atoms with Crippen LogP contribution >= 0.6 is 0 Å². The second kappa shape index (κ2) is 7.79. The van der Waals surface area contributed by atoms with Crippen LogP contribution in [0.2, 0.25) is 0 Å². The lowest BCUT2D eigenvalue weighted by atomic mass is 9.95. The third kappa shape index (κ3) is 4.45. The van der Waals surface area contributed by atoms with Gasteiger partial charge in [0.2, 0.25) is 5.91 Å². The molecule has 3 rings (SSSR count). The molecule has 0 aromatic carbocycles. The number of alkyl halides is 3. The Labute approximate surface area is 149 Å². The number of carbonyl (C=O) groups excluding carboxylic acids is 1. The van der Waals surface area contributed by atoms with Crippen LogP contribution in [0.3, 0.4) is 0 Å². The van der Waals surface area contributed by atoms with Crippen molar-refractivity contribution in [2.45, 2.75) is 25.1 Å². The number of β-amino-alcohol motifs (C(OH)–C–C–N with tert-alkyl or cyclic N) is 1. The van der Waals surface area contributed by atoms with Crippen LogP contribution in [-0.4, -0.2) is 66.4 Å². The van der Waals surface area contributed by atoms with Crippen molar-refractivity contribution >= 4 is 11.7 Å². The Balaban J connectivity index is 1.56. The van der Waals surface area contributed by atoms with Gasteiger partial charge in [0.05, 0.1) is 24.9 Å². The third-order valence-electron chi connectivity index (χ3n) is 4.80. The number of aliphatic hydroxyl groups excluding tert-OH is 1. The number of hydrogen-bond donors (Lipinski definition) is 1. The molecule has 6 nitrogen and oxygen atoms in total. The van der Waals surface area contributed by atoms with E-state index in [-0.39, 0.29) is 25.0 Å². The van der Waals surface area contributed by atoms with Gasteiger partial charge in [-0.25, -0.2) is 4.98 Å². The molecule has 0 bridgehead atoms. The van der Waals surface area contributed by atoms with Gasteiger partial charge in [0.1, 0.15) is 5.82 Å². The lowest BCUT2D eigenvalue weighted by Gasteiger charge is -2.34. The lowest BCUT2D eigenvalue weighted by Crippen LogP contribution is -2.45. The molecule has 1 aromatic heterocycles. The molecule has 9 heteroatoms. The van der Waals surface area contributed by atoms with Crippen LogP contribution in [0.15, 0.2) is 18.3 Å². The molecule has 1 unspecified atom stereocenters. The normalized spacial score (nSPS) is 23.0. The van der Waals surface area contributed by atoms with E-state index < -0.39 is 17.8 Å². The highest BCUT2D eigenvalue weighted by Gasteiger charge is 2.32. The van der Waals surface area contributed by atoms with E-state index in [2.05, 4.69) is 4.98 Å².